The number of amides is 10. The quantitative estimate of drug-likeness (QED) is 0.0315. The number of likely N-dealkylation sites (tertiary alicyclic amines) is 2. The Hall–Kier alpha value is -5.68. The molecule has 39 heteroatoms. The van der Waals surface area contributed by atoms with Gasteiger partial charge in [0.25, 0.3) is 0 Å². The van der Waals surface area contributed by atoms with E-state index < -0.39 is 136 Å². The molecule has 3 saturated heterocycles. The number of benzene rings is 2. The van der Waals surface area contributed by atoms with Crippen molar-refractivity contribution in [2.75, 3.05) is 120 Å². The van der Waals surface area contributed by atoms with E-state index in [1.807, 2.05) is 25.1 Å². The van der Waals surface area contributed by atoms with E-state index >= 15 is 0 Å². The van der Waals surface area contributed by atoms with Crippen molar-refractivity contribution in [3.63, 3.8) is 0 Å². The Kier molecular flexibility index (Phi) is 38.1. The Morgan fingerprint density at radius 1 is 0.587 bits per heavy atom. The summed E-state index contributed by atoms with van der Waals surface area (Å²) in [5.74, 6) is -6.36. The number of nitrogens with two attached hydrogens (primary N) is 2. The number of carbonyl (C=O) groups excluding carboxylic acids is 9. The zero-order chi connectivity index (χ0) is 76.7. The highest BCUT2D eigenvalue weighted by Gasteiger charge is 2.44. The highest BCUT2D eigenvalue weighted by atomic mass is 32.2. The Morgan fingerprint density at radius 3 is 1.61 bits per heavy atom. The first-order valence-corrected chi connectivity index (χ1v) is 44.3. The molecule has 0 aliphatic carbocycles. The maximum atomic E-state index is 14.6. The molecule has 3 aliphatic rings. The predicted molar refractivity (Wildman–Crippen MR) is 397 cm³/mol. The van der Waals surface area contributed by atoms with E-state index in [-0.39, 0.29) is 126 Å². The number of primary amides is 2. The number of nitrogens with zero attached hydrogens (tertiary/aromatic N) is 5. The molecule has 0 aromatic heterocycles. The number of aliphatic hydroxyl groups excluding tert-OH is 3. The summed E-state index contributed by atoms with van der Waals surface area (Å²) in [6, 6.07) is 6.70. The number of aliphatic carboxylic acids is 1. The van der Waals surface area contributed by atoms with Crippen molar-refractivity contribution in [3.05, 3.63) is 70.8 Å². The van der Waals surface area contributed by atoms with Gasteiger partial charge in [0.1, 0.15) is 48.9 Å². The minimum Gasteiger partial charge on any atom is -0.480 e. The molecule has 4 unspecified atom stereocenters. The van der Waals surface area contributed by atoms with Gasteiger partial charge in [-0.05, 0) is 67.7 Å². The van der Waals surface area contributed by atoms with Gasteiger partial charge in [0, 0.05) is 125 Å². The van der Waals surface area contributed by atoms with Crippen molar-refractivity contribution in [1.29, 1.82) is 0 Å². The van der Waals surface area contributed by atoms with Gasteiger partial charge in [-0.25, -0.2) is 9.59 Å². The van der Waals surface area contributed by atoms with Crippen molar-refractivity contribution in [2.24, 2.45) is 17.4 Å². The summed E-state index contributed by atoms with van der Waals surface area (Å²) in [7, 11) is -12.0. The van der Waals surface area contributed by atoms with Crippen LogP contribution in [0.2, 0.25) is 0 Å². The van der Waals surface area contributed by atoms with Gasteiger partial charge in [-0.1, -0.05) is 68.8 Å². The van der Waals surface area contributed by atoms with Gasteiger partial charge in [-0.2, -0.15) is 35.3 Å². The fourth-order valence-electron chi connectivity index (χ4n) is 11.8. The molecule has 3 fully saturated rings. The summed E-state index contributed by atoms with van der Waals surface area (Å²) in [6.45, 7) is 6.82. The largest absolute Gasteiger partial charge is 0.480 e. The molecule has 11 atom stereocenters. The van der Waals surface area contributed by atoms with Crippen LogP contribution in [-0.4, -0.2) is 282 Å². The molecular weight excluding hydrogens is 1470 g/mol. The second-order valence-electron chi connectivity index (χ2n) is 26.5. The maximum absolute atomic E-state index is 14.6. The number of aliphatic hydroxyl groups is 3. The molecule has 10 amide bonds. The minimum atomic E-state index is -4.03. The summed E-state index contributed by atoms with van der Waals surface area (Å²) < 4.78 is 38.6. The Balaban J connectivity index is 1.31. The first-order chi connectivity index (χ1) is 49.2. The van der Waals surface area contributed by atoms with Crippen molar-refractivity contribution < 1.29 is 96.7 Å². The third kappa shape index (κ3) is 31.6. The van der Waals surface area contributed by atoms with Crippen LogP contribution in [0.15, 0.2) is 48.5 Å². The number of rotatable bonds is 44. The molecule has 3 aliphatic heterocycles. The van der Waals surface area contributed by atoms with E-state index in [1.54, 1.807) is 45.0 Å². The first-order valence-electron chi connectivity index (χ1n) is 34.7. The standard InChI is InChI=1S/C65H106N13O20P3S3/c1-4-5-18-69-65(92)73-52(62(88)78-21-10-14-55(78)63(89)77-20-9-13-54(77)58(67)84)37-103-35-48-30-47(34-102-29-19-68-57(83)17-28-99(93,94)39-74-22-24-75(40-100(95,96)42-79)26-27-76(25-23-74)41-101(97,98)43-80)31-49(32-48)36-104-38-53(64(90)91)72-61(87)51(33-46-11-7-6-8-12-46)71-60(86)50(15-16-56(66)82)70-59(85)44(2)45(3)81/h6-8,11-12,30-32,44-45,50-55,79-81H,4-5,9-10,13-29,33-43H2,1-3H3,(H2,66,82)(H2,67,84)(H,68,83)(H,70,85)(H,71,86)(H,72,87)(H,90,91)(H,93,94)(H,95,96)(H,97,98)(H2,69,73,92)/t44-,45+,50-,51-,52-,53?,54-,55-/m0/s1. The van der Waals surface area contributed by atoms with Crippen molar-refractivity contribution in [2.45, 2.75) is 145 Å². The number of urea groups is 1. The smallest absolute Gasteiger partial charge is 0.327 e. The van der Waals surface area contributed by atoms with E-state index in [0.29, 0.717) is 68.0 Å². The molecule has 33 nitrogen and oxygen atoms in total. The van der Waals surface area contributed by atoms with Crippen LogP contribution in [0.5, 0.6) is 0 Å². The number of nitrogens with one attached hydrogen (secondary N) is 6. The average molecular weight is 1580 g/mol. The monoisotopic (exact) mass is 1580 g/mol. The predicted octanol–water partition coefficient (Wildman–Crippen LogP) is 0.395. The van der Waals surface area contributed by atoms with Gasteiger partial charge >= 0.3 is 12.0 Å². The molecule has 0 radical (unpaired) electrons. The topological polar surface area (TPSA) is 504 Å². The van der Waals surface area contributed by atoms with Crippen LogP contribution in [0.4, 0.5) is 4.79 Å². The number of carboxylic acid groups (broad SMARTS) is 1. The molecule has 17 N–H and O–H groups in total. The second kappa shape index (κ2) is 44.6. The molecule has 5 rings (SSSR count). The van der Waals surface area contributed by atoms with Crippen LogP contribution in [0.1, 0.15) is 101 Å². The molecule has 0 spiro atoms. The van der Waals surface area contributed by atoms with E-state index in [1.165, 1.54) is 58.9 Å². The first kappa shape index (κ1) is 88.9. The van der Waals surface area contributed by atoms with Gasteiger partial charge < -0.3 is 88.3 Å². The number of hydrogen-bond acceptors (Lipinski definition) is 22. The van der Waals surface area contributed by atoms with Crippen molar-refractivity contribution >= 4 is 117 Å². The second-order valence-corrected chi connectivity index (χ2v) is 36.6. The Bertz CT molecular complexity index is 3320. The van der Waals surface area contributed by atoms with Crippen LogP contribution in [-0.2, 0) is 80.5 Å². The summed E-state index contributed by atoms with van der Waals surface area (Å²) >= 11 is 3.97. The maximum Gasteiger partial charge on any atom is 0.327 e. The van der Waals surface area contributed by atoms with Crippen LogP contribution in [0.25, 0.3) is 0 Å². The summed E-state index contributed by atoms with van der Waals surface area (Å²) in [5, 5.41) is 55.7. The normalized spacial score (nSPS) is 19.7. The Morgan fingerprint density at radius 2 is 1.09 bits per heavy atom. The Labute approximate surface area is 619 Å². The highest BCUT2D eigenvalue weighted by molar-refractivity contribution is 7.99. The van der Waals surface area contributed by atoms with Gasteiger partial charge in [0.05, 0.1) is 30.9 Å². The molecule has 584 valence electrons. The van der Waals surface area contributed by atoms with E-state index in [4.69, 9.17) is 11.5 Å². The van der Waals surface area contributed by atoms with Gasteiger partial charge in [-0.15, -0.1) is 0 Å². The lowest BCUT2D eigenvalue weighted by atomic mass is 10.0. The molecule has 2 aromatic rings. The third-order valence-corrected chi connectivity index (χ3v) is 25.3. The molecule has 2 aromatic carbocycles. The number of hydrogen-bond donors (Lipinski definition) is 15. The fraction of sp³-hybridized carbons (Fsp3) is 0.662. The zero-order valence-corrected chi connectivity index (χ0v) is 64.4. The highest BCUT2D eigenvalue weighted by Crippen LogP contribution is 2.43. The molecule has 104 heavy (non-hydrogen) atoms. The van der Waals surface area contributed by atoms with Crippen LogP contribution in [0.3, 0.4) is 0 Å². The number of thioether (sulfide) groups is 3. The lowest BCUT2D eigenvalue weighted by molar-refractivity contribution is -0.146. The number of carbonyl (C=O) groups is 10. The van der Waals surface area contributed by atoms with Crippen LogP contribution < -0.4 is 43.4 Å². The number of unbranched alkanes of at least 4 members (excludes halogenated alkanes) is 1. The summed E-state index contributed by atoms with van der Waals surface area (Å²) in [6.07, 6.45) is -2.20. The van der Waals surface area contributed by atoms with E-state index in [0.717, 1.165) is 23.1 Å². The summed E-state index contributed by atoms with van der Waals surface area (Å²) in [4.78, 5) is 173. The van der Waals surface area contributed by atoms with E-state index in [9.17, 15) is 96.7 Å². The van der Waals surface area contributed by atoms with Crippen LogP contribution >= 0.6 is 57.4 Å². The molecule has 0 bridgehead atoms. The van der Waals surface area contributed by atoms with Gasteiger partial charge in [0.2, 0.25) is 69.4 Å². The third-order valence-electron chi connectivity index (χ3n) is 17.7. The summed E-state index contributed by atoms with van der Waals surface area (Å²) in [5.41, 5.74) is 14.0. The zero-order valence-electron chi connectivity index (χ0n) is 59.3. The van der Waals surface area contributed by atoms with Crippen LogP contribution in [0, 0.1) is 5.92 Å². The lowest BCUT2D eigenvalue weighted by Gasteiger charge is -2.32. The SMILES string of the molecule is CCCCNC(=O)N[C@@H](CSCc1cc(CSCCNC(=O)CCP(=O)(O)CN2CCN(CP(=O)(O)CO)CCN(CP(=O)(O)CO)CC2)cc(CSCC(NC(=O)[C@H](Cc2ccccc2)NC(=O)[C@H](CCC(N)=O)NC(=O)[C@@H](C)[C@@H](C)O)C(=O)O)c1)C(=O)N1CCC[C@H]1C(=O)N1CCC[C@H]1C(N)=O. The average Bonchev–Trinajstić information content (AvgIpc) is 1.63. The number of carboxylic acids is 1. The molecule has 0 saturated carbocycles. The molecule has 3 heterocycles. The lowest BCUT2D eigenvalue weighted by Crippen LogP contribution is -2.57. The van der Waals surface area contributed by atoms with Gasteiger partial charge in [-0.3, -0.25) is 66.8 Å². The van der Waals surface area contributed by atoms with Crippen molar-refractivity contribution in [3.8, 4) is 0 Å². The van der Waals surface area contributed by atoms with Crippen molar-refractivity contribution in [1.82, 2.24) is 56.4 Å². The van der Waals surface area contributed by atoms with E-state index in [2.05, 4.69) is 31.9 Å². The minimum absolute atomic E-state index is 0.0664. The van der Waals surface area contributed by atoms with Gasteiger partial charge in [0.15, 0.2) is 0 Å². The fourth-order valence-corrected chi connectivity index (χ4v) is 18.2. The molecular formula is C65H106N13O20P3S3.